The first-order valence-corrected chi connectivity index (χ1v) is 10.3. The van der Waals surface area contributed by atoms with Gasteiger partial charge in [0.05, 0.1) is 0 Å². The second-order valence-corrected chi connectivity index (χ2v) is 9.22. The molecule has 6 rings (SSSR count). The van der Waals surface area contributed by atoms with Crippen LogP contribution >= 0.6 is 11.6 Å². The minimum atomic E-state index is -0.345. The molecule has 2 amide bonds. The molecule has 2 unspecified atom stereocenters. The Bertz CT molecular complexity index is 937. The molecule has 4 fully saturated rings. The highest BCUT2D eigenvalue weighted by molar-refractivity contribution is 6.30. The van der Waals surface area contributed by atoms with Crippen LogP contribution in [0.25, 0.3) is 11.3 Å². The molecule has 4 saturated carbocycles. The van der Waals surface area contributed by atoms with Crippen LogP contribution in [0.15, 0.2) is 40.8 Å². The van der Waals surface area contributed by atoms with Crippen molar-refractivity contribution < 1.29 is 14.0 Å². The Morgan fingerprint density at radius 2 is 1.86 bits per heavy atom. The molecule has 0 saturated heterocycles. The average molecular weight is 399 g/mol. The predicted molar refractivity (Wildman–Crippen MR) is 106 cm³/mol. The summed E-state index contributed by atoms with van der Waals surface area (Å²) in [6, 6.07) is 10.9. The average Bonchev–Trinajstić information content (AvgIpc) is 3.14. The van der Waals surface area contributed by atoms with Crippen LogP contribution in [0.5, 0.6) is 0 Å². The van der Waals surface area contributed by atoms with Crippen molar-refractivity contribution in [1.82, 2.24) is 5.32 Å². The first kappa shape index (κ1) is 17.8. The summed E-state index contributed by atoms with van der Waals surface area (Å²) >= 11 is 6.04. The third kappa shape index (κ3) is 2.84. The molecule has 0 aliphatic heterocycles. The number of rotatable bonds is 4. The lowest BCUT2D eigenvalue weighted by Crippen LogP contribution is -2.62. The fourth-order valence-corrected chi connectivity index (χ4v) is 6.23. The number of hydrogen-bond acceptors (Lipinski definition) is 3. The third-order valence-corrected chi connectivity index (χ3v) is 7.27. The van der Waals surface area contributed by atoms with E-state index in [0.29, 0.717) is 34.3 Å². The molecule has 4 bridgehead atoms. The molecule has 28 heavy (non-hydrogen) atoms. The van der Waals surface area contributed by atoms with E-state index in [1.54, 1.807) is 18.2 Å². The maximum absolute atomic E-state index is 12.8. The van der Waals surface area contributed by atoms with Crippen molar-refractivity contribution in [3.8, 4) is 11.3 Å². The van der Waals surface area contributed by atoms with E-state index in [1.807, 2.05) is 18.2 Å². The Morgan fingerprint density at radius 3 is 2.54 bits per heavy atom. The van der Waals surface area contributed by atoms with Crippen LogP contribution in [0.4, 0.5) is 0 Å². The third-order valence-electron chi connectivity index (χ3n) is 7.03. The van der Waals surface area contributed by atoms with Gasteiger partial charge in [-0.05, 0) is 74.1 Å². The molecule has 146 valence electrons. The molecular formula is C22H23ClN2O3. The summed E-state index contributed by atoms with van der Waals surface area (Å²) in [5.41, 5.74) is 6.24. The highest BCUT2D eigenvalue weighted by atomic mass is 35.5. The predicted octanol–water partition coefficient (Wildman–Crippen LogP) is 4.01. The number of amides is 2. The Kier molecular flexibility index (Phi) is 4.05. The van der Waals surface area contributed by atoms with Crippen molar-refractivity contribution >= 4 is 23.4 Å². The quantitative estimate of drug-likeness (QED) is 0.815. The largest absolute Gasteiger partial charge is 0.451 e. The fourth-order valence-electron chi connectivity index (χ4n) is 6.04. The van der Waals surface area contributed by atoms with Gasteiger partial charge in [0, 0.05) is 22.0 Å². The van der Waals surface area contributed by atoms with Gasteiger partial charge in [0.2, 0.25) is 5.91 Å². The highest BCUT2D eigenvalue weighted by Gasteiger charge is 2.58. The summed E-state index contributed by atoms with van der Waals surface area (Å²) in [5, 5.41) is 3.82. The molecule has 5 nitrogen and oxygen atoms in total. The number of benzene rings is 1. The number of nitrogens with two attached hydrogens (primary N) is 1. The first-order chi connectivity index (χ1) is 13.4. The maximum Gasteiger partial charge on any atom is 0.287 e. The van der Waals surface area contributed by atoms with Gasteiger partial charge in [0.15, 0.2) is 5.76 Å². The zero-order valence-corrected chi connectivity index (χ0v) is 16.2. The molecule has 4 aliphatic rings. The number of carbonyl (C=O) groups is 2. The molecule has 6 heteroatoms. The monoisotopic (exact) mass is 398 g/mol. The van der Waals surface area contributed by atoms with E-state index in [0.717, 1.165) is 37.7 Å². The van der Waals surface area contributed by atoms with Crippen LogP contribution in [0.2, 0.25) is 5.02 Å². The van der Waals surface area contributed by atoms with E-state index in [-0.39, 0.29) is 23.3 Å². The smallest absolute Gasteiger partial charge is 0.287 e. The highest BCUT2D eigenvalue weighted by Crippen LogP contribution is 2.59. The van der Waals surface area contributed by atoms with E-state index in [2.05, 4.69) is 5.32 Å². The van der Waals surface area contributed by atoms with Gasteiger partial charge >= 0.3 is 0 Å². The molecular weight excluding hydrogens is 376 g/mol. The minimum Gasteiger partial charge on any atom is -0.451 e. The van der Waals surface area contributed by atoms with Crippen LogP contribution < -0.4 is 11.1 Å². The Morgan fingerprint density at radius 1 is 1.11 bits per heavy atom. The molecule has 0 spiro atoms. The maximum atomic E-state index is 12.8. The number of carbonyl (C=O) groups excluding carboxylic acids is 2. The molecule has 1 aromatic heterocycles. The second kappa shape index (κ2) is 6.38. The SMILES string of the molecule is NC(=O)C12CC3CC(C1)C(NC(=O)c1ccc(-c4cccc(Cl)c4)o1)C(C3)C2. The van der Waals surface area contributed by atoms with Gasteiger partial charge in [-0.1, -0.05) is 23.7 Å². The summed E-state index contributed by atoms with van der Waals surface area (Å²) in [7, 11) is 0. The normalized spacial score (nSPS) is 33.0. The number of furan rings is 1. The minimum absolute atomic E-state index is 0.0937. The standard InChI is InChI=1S/C22H23ClN2O3/c23-16-3-1-2-13(8-16)17-4-5-18(28-17)20(26)25-19-14-6-12-7-15(19)11-22(9-12,10-14)21(24)27/h1-5,8,12,14-15,19H,6-7,9-11H2,(H2,24,27)(H,25,26). The van der Waals surface area contributed by atoms with Crippen molar-refractivity contribution in [3.63, 3.8) is 0 Å². The number of halogens is 1. The Balaban J connectivity index is 1.33. The molecule has 1 aromatic carbocycles. The van der Waals surface area contributed by atoms with E-state index >= 15 is 0 Å². The van der Waals surface area contributed by atoms with Crippen LogP contribution in [0, 0.1) is 23.2 Å². The van der Waals surface area contributed by atoms with Gasteiger partial charge in [-0.15, -0.1) is 0 Å². The van der Waals surface area contributed by atoms with Gasteiger partial charge in [-0.2, -0.15) is 0 Å². The van der Waals surface area contributed by atoms with Gasteiger partial charge in [-0.25, -0.2) is 0 Å². The van der Waals surface area contributed by atoms with E-state index in [1.165, 1.54) is 0 Å². The van der Waals surface area contributed by atoms with Crippen LogP contribution in [0.1, 0.15) is 42.7 Å². The molecule has 2 atom stereocenters. The Labute approximate surface area is 168 Å². The molecule has 2 aromatic rings. The van der Waals surface area contributed by atoms with E-state index in [9.17, 15) is 9.59 Å². The van der Waals surface area contributed by atoms with Gasteiger partial charge in [0.1, 0.15) is 5.76 Å². The summed E-state index contributed by atoms with van der Waals surface area (Å²) in [5.74, 6) is 1.78. The lowest BCUT2D eigenvalue weighted by Gasteiger charge is -2.58. The van der Waals surface area contributed by atoms with Gasteiger partial charge in [0.25, 0.3) is 5.91 Å². The van der Waals surface area contributed by atoms with E-state index < -0.39 is 0 Å². The Hall–Kier alpha value is -2.27. The number of primary amides is 1. The zero-order chi connectivity index (χ0) is 19.5. The van der Waals surface area contributed by atoms with Crippen molar-refractivity contribution in [3.05, 3.63) is 47.2 Å². The lowest BCUT2D eigenvalue weighted by molar-refractivity contribution is -0.145. The molecule has 3 N–H and O–H groups in total. The first-order valence-electron chi connectivity index (χ1n) is 9.90. The van der Waals surface area contributed by atoms with Crippen LogP contribution in [-0.4, -0.2) is 17.9 Å². The molecule has 0 radical (unpaired) electrons. The van der Waals surface area contributed by atoms with Crippen molar-refractivity contribution in [1.29, 1.82) is 0 Å². The summed E-state index contributed by atoms with van der Waals surface area (Å²) in [4.78, 5) is 24.9. The van der Waals surface area contributed by atoms with Crippen molar-refractivity contribution in [2.45, 2.75) is 38.1 Å². The summed E-state index contributed by atoms with van der Waals surface area (Å²) in [6.45, 7) is 0. The van der Waals surface area contributed by atoms with Gasteiger partial charge in [-0.3, -0.25) is 9.59 Å². The van der Waals surface area contributed by atoms with Crippen LogP contribution in [-0.2, 0) is 4.79 Å². The summed E-state index contributed by atoms with van der Waals surface area (Å²) in [6.07, 6.45) is 4.67. The van der Waals surface area contributed by atoms with Crippen molar-refractivity contribution in [2.75, 3.05) is 0 Å². The van der Waals surface area contributed by atoms with Gasteiger partial charge < -0.3 is 15.5 Å². The van der Waals surface area contributed by atoms with Crippen LogP contribution in [0.3, 0.4) is 0 Å². The number of nitrogens with one attached hydrogen (secondary N) is 1. The number of hydrogen-bond donors (Lipinski definition) is 2. The topological polar surface area (TPSA) is 85.3 Å². The van der Waals surface area contributed by atoms with Crippen molar-refractivity contribution in [2.24, 2.45) is 28.9 Å². The molecule has 4 aliphatic carbocycles. The lowest BCUT2D eigenvalue weighted by atomic mass is 9.47. The molecule has 1 heterocycles. The second-order valence-electron chi connectivity index (χ2n) is 8.79. The summed E-state index contributed by atoms with van der Waals surface area (Å²) < 4.78 is 5.79. The van der Waals surface area contributed by atoms with E-state index in [4.69, 9.17) is 21.8 Å². The fraction of sp³-hybridized carbons (Fsp3) is 0.455. The zero-order valence-electron chi connectivity index (χ0n) is 15.5.